The molecule has 1 N–H and O–H groups in total. The highest BCUT2D eigenvalue weighted by Crippen LogP contribution is 2.33. The number of anilines is 3. The van der Waals surface area contributed by atoms with Crippen molar-refractivity contribution in [2.75, 3.05) is 23.3 Å². The lowest BCUT2D eigenvalue weighted by molar-refractivity contribution is 0.943. The molecule has 1 fully saturated rings. The molecule has 0 saturated carbocycles. The van der Waals surface area contributed by atoms with E-state index in [0.717, 1.165) is 57.5 Å². The Morgan fingerprint density at radius 3 is 2.48 bits per heavy atom. The van der Waals surface area contributed by atoms with E-state index >= 15 is 0 Å². The van der Waals surface area contributed by atoms with Gasteiger partial charge >= 0.3 is 0 Å². The van der Waals surface area contributed by atoms with E-state index in [1.807, 2.05) is 42.6 Å². The zero-order valence-corrected chi connectivity index (χ0v) is 18.8. The van der Waals surface area contributed by atoms with E-state index in [1.165, 1.54) is 12.8 Å². The first-order valence-corrected chi connectivity index (χ1v) is 12.0. The van der Waals surface area contributed by atoms with Crippen LogP contribution in [0, 0.1) is 0 Å². The van der Waals surface area contributed by atoms with Crippen molar-refractivity contribution < 1.29 is 0 Å². The number of hydrogen-bond donors (Lipinski definition) is 1. The van der Waals surface area contributed by atoms with Crippen LogP contribution in [0.25, 0.3) is 32.7 Å². The van der Waals surface area contributed by atoms with Gasteiger partial charge in [0, 0.05) is 36.6 Å². The van der Waals surface area contributed by atoms with Gasteiger partial charge in [0.05, 0.1) is 10.2 Å². The van der Waals surface area contributed by atoms with Crippen molar-refractivity contribution in [3.8, 4) is 22.5 Å². The van der Waals surface area contributed by atoms with Crippen LogP contribution in [0.4, 0.5) is 17.5 Å². The maximum atomic E-state index is 4.97. The molecule has 7 heteroatoms. The normalized spacial score (nSPS) is 13.5. The lowest BCUT2D eigenvalue weighted by Crippen LogP contribution is -2.19. The minimum Gasteiger partial charge on any atom is -0.355 e. The zero-order chi connectivity index (χ0) is 22.0. The Balaban J connectivity index is 1.29. The first-order chi connectivity index (χ1) is 16.3. The molecule has 6 rings (SSSR count). The molecule has 1 saturated heterocycles. The summed E-state index contributed by atoms with van der Waals surface area (Å²) in [4.78, 5) is 21.2. The maximum Gasteiger partial charge on any atom is 0.162 e. The van der Waals surface area contributed by atoms with Crippen LogP contribution in [-0.4, -0.2) is 33.0 Å². The quantitative estimate of drug-likeness (QED) is 0.346. The summed E-state index contributed by atoms with van der Waals surface area (Å²) in [5.74, 6) is 3.23. The Morgan fingerprint density at radius 1 is 0.788 bits per heavy atom. The number of thiophene rings is 1. The van der Waals surface area contributed by atoms with E-state index in [-0.39, 0.29) is 0 Å². The minimum atomic E-state index is 0.712. The van der Waals surface area contributed by atoms with Crippen molar-refractivity contribution in [1.29, 1.82) is 0 Å². The Kier molecular flexibility index (Phi) is 5.16. The van der Waals surface area contributed by atoms with Gasteiger partial charge < -0.3 is 10.2 Å². The molecular formula is C26H22N6S. The molecule has 0 spiro atoms. The van der Waals surface area contributed by atoms with E-state index in [1.54, 1.807) is 17.5 Å². The molecule has 0 radical (unpaired) electrons. The van der Waals surface area contributed by atoms with Crippen LogP contribution in [0.1, 0.15) is 12.8 Å². The second kappa shape index (κ2) is 8.60. The van der Waals surface area contributed by atoms with Crippen LogP contribution in [0.5, 0.6) is 0 Å². The zero-order valence-electron chi connectivity index (χ0n) is 18.0. The molecule has 5 heterocycles. The molecule has 6 nitrogen and oxygen atoms in total. The van der Waals surface area contributed by atoms with Crippen molar-refractivity contribution >= 4 is 39.0 Å². The van der Waals surface area contributed by atoms with Crippen molar-refractivity contribution in [2.45, 2.75) is 12.8 Å². The first-order valence-electron chi connectivity index (χ1n) is 11.1. The molecule has 0 amide bonds. The number of fused-ring (bicyclic) bond motifs is 1. The third-order valence-electron chi connectivity index (χ3n) is 5.84. The smallest absolute Gasteiger partial charge is 0.162 e. The molecule has 1 aliphatic heterocycles. The summed E-state index contributed by atoms with van der Waals surface area (Å²) in [6.07, 6.45) is 6.08. The lowest BCUT2D eigenvalue weighted by Gasteiger charge is -2.18. The summed E-state index contributed by atoms with van der Waals surface area (Å²) in [7, 11) is 0. The Labute approximate surface area is 196 Å². The molecule has 1 aromatic carbocycles. The molecular weight excluding hydrogens is 428 g/mol. The van der Waals surface area contributed by atoms with E-state index < -0.39 is 0 Å². The predicted octanol–water partition coefficient (Wildman–Crippen LogP) is 6.16. The fraction of sp³-hybridized carbons (Fsp3) is 0.154. The topological polar surface area (TPSA) is 66.8 Å². The highest BCUT2D eigenvalue weighted by molar-refractivity contribution is 7.17. The standard InChI is InChI=1S/C26H22N6S/c1-2-6-18(7-3-1)20-8-9-22(28-17-20)30-23-16-19(10-12-27-23)25-29-21-11-15-33-24(21)26(31-25)32-13-4-5-14-32/h1-3,6-12,15-17H,4-5,13-14H2,(H,27,28,30). The average Bonchev–Trinajstić information content (AvgIpc) is 3.57. The summed E-state index contributed by atoms with van der Waals surface area (Å²) in [5, 5.41) is 5.40. The Morgan fingerprint density at radius 2 is 1.67 bits per heavy atom. The fourth-order valence-corrected chi connectivity index (χ4v) is 5.01. The highest BCUT2D eigenvalue weighted by atomic mass is 32.1. The highest BCUT2D eigenvalue weighted by Gasteiger charge is 2.19. The van der Waals surface area contributed by atoms with Crippen LogP contribution >= 0.6 is 11.3 Å². The number of nitrogens with zero attached hydrogens (tertiary/aromatic N) is 5. The lowest BCUT2D eigenvalue weighted by atomic mass is 10.1. The molecule has 0 aliphatic carbocycles. The maximum absolute atomic E-state index is 4.97. The van der Waals surface area contributed by atoms with Crippen LogP contribution in [-0.2, 0) is 0 Å². The summed E-state index contributed by atoms with van der Waals surface area (Å²) >= 11 is 1.71. The van der Waals surface area contributed by atoms with E-state index in [9.17, 15) is 0 Å². The molecule has 1 aliphatic rings. The SMILES string of the molecule is c1ccc(-c2ccc(Nc3cc(-c4nc(N5CCCC5)c5sccc5n4)ccn3)nc2)cc1. The molecule has 4 aromatic heterocycles. The number of benzene rings is 1. The second-order valence-corrected chi connectivity index (χ2v) is 8.97. The average molecular weight is 451 g/mol. The van der Waals surface area contributed by atoms with E-state index in [4.69, 9.17) is 9.97 Å². The Hall–Kier alpha value is -3.84. The molecule has 33 heavy (non-hydrogen) atoms. The molecule has 0 atom stereocenters. The van der Waals surface area contributed by atoms with Gasteiger partial charge in [-0.25, -0.2) is 19.9 Å². The first kappa shape index (κ1) is 19.8. The Bertz CT molecular complexity index is 1390. The second-order valence-electron chi connectivity index (χ2n) is 8.05. The number of hydrogen-bond acceptors (Lipinski definition) is 7. The van der Waals surface area contributed by atoms with Gasteiger partial charge in [0.15, 0.2) is 11.6 Å². The van der Waals surface area contributed by atoms with Gasteiger partial charge in [0.1, 0.15) is 11.6 Å². The predicted molar refractivity (Wildman–Crippen MR) is 135 cm³/mol. The van der Waals surface area contributed by atoms with Gasteiger partial charge in [-0.15, -0.1) is 11.3 Å². The summed E-state index contributed by atoms with van der Waals surface area (Å²) in [6.45, 7) is 2.11. The number of pyridine rings is 2. The van der Waals surface area contributed by atoms with Gasteiger partial charge in [-0.2, -0.15) is 0 Å². The van der Waals surface area contributed by atoms with Gasteiger partial charge in [-0.1, -0.05) is 30.3 Å². The summed E-state index contributed by atoms with van der Waals surface area (Å²) in [6, 6.07) is 20.3. The third-order valence-corrected chi connectivity index (χ3v) is 6.74. The van der Waals surface area contributed by atoms with E-state index in [0.29, 0.717) is 5.82 Å². The third kappa shape index (κ3) is 4.03. The van der Waals surface area contributed by atoms with Crippen LogP contribution in [0.2, 0.25) is 0 Å². The fourth-order valence-electron chi connectivity index (χ4n) is 4.16. The van der Waals surface area contributed by atoms with Gasteiger partial charge in [-0.05, 0) is 54.1 Å². The number of aromatic nitrogens is 4. The van der Waals surface area contributed by atoms with Crippen LogP contribution in [0.15, 0.2) is 78.4 Å². The van der Waals surface area contributed by atoms with Gasteiger partial charge in [-0.3, -0.25) is 0 Å². The monoisotopic (exact) mass is 450 g/mol. The summed E-state index contributed by atoms with van der Waals surface area (Å²) in [5.41, 5.74) is 4.15. The molecule has 162 valence electrons. The van der Waals surface area contributed by atoms with Crippen molar-refractivity contribution in [2.24, 2.45) is 0 Å². The van der Waals surface area contributed by atoms with Gasteiger partial charge in [0.25, 0.3) is 0 Å². The van der Waals surface area contributed by atoms with Gasteiger partial charge in [0.2, 0.25) is 0 Å². The molecule has 0 bridgehead atoms. The molecule has 0 unspecified atom stereocenters. The largest absolute Gasteiger partial charge is 0.355 e. The van der Waals surface area contributed by atoms with Crippen molar-refractivity contribution in [1.82, 2.24) is 19.9 Å². The number of nitrogens with one attached hydrogen (secondary N) is 1. The van der Waals surface area contributed by atoms with Crippen molar-refractivity contribution in [3.05, 3.63) is 78.4 Å². The van der Waals surface area contributed by atoms with Crippen LogP contribution < -0.4 is 10.2 Å². The molecule has 5 aromatic rings. The minimum absolute atomic E-state index is 0.712. The number of rotatable bonds is 5. The van der Waals surface area contributed by atoms with Crippen LogP contribution in [0.3, 0.4) is 0 Å². The van der Waals surface area contributed by atoms with Crippen molar-refractivity contribution in [3.63, 3.8) is 0 Å². The summed E-state index contributed by atoms with van der Waals surface area (Å²) < 4.78 is 1.16. The van der Waals surface area contributed by atoms with E-state index in [2.05, 4.69) is 49.8 Å².